The summed E-state index contributed by atoms with van der Waals surface area (Å²) in [6, 6.07) is 6.74. The van der Waals surface area contributed by atoms with E-state index in [9.17, 15) is 9.18 Å². The minimum Gasteiger partial charge on any atom is -0.356 e. The van der Waals surface area contributed by atoms with Gasteiger partial charge in [-0.05, 0) is 55.2 Å². The summed E-state index contributed by atoms with van der Waals surface area (Å²) in [6.07, 6.45) is 5.03. The number of aromatic nitrogens is 2. The lowest BCUT2D eigenvalue weighted by Gasteiger charge is -2.17. The highest BCUT2D eigenvalue weighted by Crippen LogP contribution is 2.44. The second-order valence-electron chi connectivity index (χ2n) is 6.91. The number of hydrogen-bond donors (Lipinski definition) is 2. The van der Waals surface area contributed by atoms with Crippen LogP contribution in [0.2, 0.25) is 0 Å². The maximum Gasteiger partial charge on any atom is 0.230 e. The number of anilines is 1. The Morgan fingerprint density at radius 2 is 1.88 bits per heavy atom. The van der Waals surface area contributed by atoms with Gasteiger partial charge in [0.25, 0.3) is 0 Å². The monoisotopic (exact) mass is 392 g/mol. The zero-order valence-corrected chi connectivity index (χ0v) is 15.9. The summed E-state index contributed by atoms with van der Waals surface area (Å²) >= 11 is 2.85. The molecule has 138 valence electrons. The molecule has 2 aliphatic carbocycles. The van der Waals surface area contributed by atoms with Crippen LogP contribution in [-0.2, 0) is 11.3 Å². The normalized spacial score (nSPS) is 16.7. The van der Waals surface area contributed by atoms with Crippen molar-refractivity contribution in [2.45, 2.75) is 42.6 Å². The molecule has 0 bridgehead atoms. The van der Waals surface area contributed by atoms with Crippen LogP contribution in [-0.4, -0.2) is 27.9 Å². The van der Waals surface area contributed by atoms with E-state index in [0.717, 1.165) is 9.90 Å². The molecular weight excluding hydrogens is 371 g/mol. The van der Waals surface area contributed by atoms with Crippen molar-refractivity contribution >= 4 is 34.1 Å². The number of hydrogen-bond acceptors (Lipinski definition) is 6. The molecule has 0 spiro atoms. The predicted molar refractivity (Wildman–Crippen MR) is 102 cm³/mol. The Morgan fingerprint density at radius 1 is 1.19 bits per heavy atom. The van der Waals surface area contributed by atoms with Crippen LogP contribution >= 0.6 is 23.1 Å². The van der Waals surface area contributed by atoms with Crippen molar-refractivity contribution in [1.29, 1.82) is 0 Å². The van der Waals surface area contributed by atoms with Crippen LogP contribution in [0, 0.1) is 17.7 Å². The van der Waals surface area contributed by atoms with Crippen molar-refractivity contribution in [3.8, 4) is 0 Å². The maximum absolute atomic E-state index is 12.9. The molecule has 2 fully saturated rings. The average Bonchev–Trinajstić information content (AvgIpc) is 3.56. The van der Waals surface area contributed by atoms with Crippen molar-refractivity contribution in [1.82, 2.24) is 15.5 Å². The molecule has 0 radical (unpaired) electrons. The molecule has 1 amide bonds. The first-order valence-corrected chi connectivity index (χ1v) is 10.7. The van der Waals surface area contributed by atoms with Gasteiger partial charge < -0.3 is 10.6 Å². The van der Waals surface area contributed by atoms with Gasteiger partial charge in [-0.3, -0.25) is 4.79 Å². The second kappa shape index (κ2) is 7.92. The SMILES string of the molecule is O=C(CSc1nnc(NCc2ccc(F)cc2)s1)NC(C1CC1)C1CC1. The Bertz CT molecular complexity index is 747. The third kappa shape index (κ3) is 4.94. The standard InChI is InChI=1S/C18H21FN4OS2/c19-14-7-1-11(2-8-14)9-20-17-22-23-18(26-17)25-10-15(24)21-16(12-3-4-12)13-5-6-13/h1-2,7-8,12-13,16H,3-6,9-10H2,(H,20,22)(H,21,24). The van der Waals surface area contributed by atoms with Gasteiger partial charge in [-0.15, -0.1) is 10.2 Å². The van der Waals surface area contributed by atoms with Gasteiger partial charge in [0.1, 0.15) is 5.82 Å². The molecule has 4 rings (SSSR count). The summed E-state index contributed by atoms with van der Waals surface area (Å²) in [6.45, 7) is 0.560. The van der Waals surface area contributed by atoms with Gasteiger partial charge in [-0.1, -0.05) is 35.2 Å². The predicted octanol–water partition coefficient (Wildman–Crippen LogP) is 3.69. The Hall–Kier alpha value is -1.67. The van der Waals surface area contributed by atoms with Crippen molar-refractivity contribution in [3.63, 3.8) is 0 Å². The van der Waals surface area contributed by atoms with Crippen molar-refractivity contribution < 1.29 is 9.18 Å². The molecule has 1 aromatic heterocycles. The molecule has 2 saturated carbocycles. The van der Waals surface area contributed by atoms with E-state index in [1.807, 2.05) is 0 Å². The number of nitrogens with zero attached hydrogens (tertiary/aromatic N) is 2. The molecule has 0 unspecified atom stereocenters. The van der Waals surface area contributed by atoms with Crippen molar-refractivity contribution in [2.24, 2.45) is 11.8 Å². The molecule has 2 aromatic rings. The fraction of sp³-hybridized carbons (Fsp3) is 0.500. The molecule has 2 aliphatic rings. The zero-order valence-electron chi connectivity index (χ0n) is 14.3. The summed E-state index contributed by atoms with van der Waals surface area (Å²) in [5.41, 5.74) is 0.973. The van der Waals surface area contributed by atoms with Crippen LogP contribution < -0.4 is 10.6 Å². The molecule has 0 saturated heterocycles. The van der Waals surface area contributed by atoms with Crippen LogP contribution in [0.5, 0.6) is 0 Å². The zero-order chi connectivity index (χ0) is 17.9. The number of nitrogens with one attached hydrogen (secondary N) is 2. The number of thioether (sulfide) groups is 1. The van der Waals surface area contributed by atoms with Gasteiger partial charge >= 0.3 is 0 Å². The smallest absolute Gasteiger partial charge is 0.230 e. The molecular formula is C18H21FN4OS2. The largest absolute Gasteiger partial charge is 0.356 e. The van der Waals surface area contributed by atoms with Crippen molar-refractivity contribution in [2.75, 3.05) is 11.1 Å². The van der Waals surface area contributed by atoms with E-state index >= 15 is 0 Å². The van der Waals surface area contributed by atoms with E-state index < -0.39 is 0 Å². The van der Waals surface area contributed by atoms with Gasteiger partial charge in [0, 0.05) is 12.6 Å². The minimum absolute atomic E-state index is 0.0924. The summed E-state index contributed by atoms with van der Waals surface area (Å²) in [5, 5.41) is 15.3. The van der Waals surface area contributed by atoms with Crippen LogP contribution in [0.25, 0.3) is 0 Å². The van der Waals surface area contributed by atoms with Gasteiger partial charge in [-0.25, -0.2) is 4.39 Å². The van der Waals surface area contributed by atoms with Crippen LogP contribution in [0.4, 0.5) is 9.52 Å². The maximum atomic E-state index is 12.9. The quantitative estimate of drug-likeness (QED) is 0.637. The number of carbonyl (C=O) groups is 1. The highest BCUT2D eigenvalue weighted by Gasteiger charge is 2.42. The Kier molecular flexibility index (Phi) is 5.40. The van der Waals surface area contributed by atoms with E-state index in [1.54, 1.807) is 12.1 Å². The lowest BCUT2D eigenvalue weighted by molar-refractivity contribution is -0.119. The third-order valence-electron chi connectivity index (χ3n) is 4.68. The number of carbonyl (C=O) groups excluding carboxylic acids is 1. The fourth-order valence-corrected chi connectivity index (χ4v) is 4.56. The summed E-state index contributed by atoms with van der Waals surface area (Å²) < 4.78 is 13.7. The first-order valence-electron chi connectivity index (χ1n) is 8.91. The van der Waals surface area contributed by atoms with Gasteiger partial charge in [0.05, 0.1) is 5.75 Å². The van der Waals surface area contributed by atoms with E-state index in [0.29, 0.717) is 35.3 Å². The number of benzene rings is 1. The highest BCUT2D eigenvalue weighted by molar-refractivity contribution is 8.01. The Morgan fingerprint density at radius 3 is 2.54 bits per heavy atom. The highest BCUT2D eigenvalue weighted by atomic mass is 32.2. The first kappa shape index (κ1) is 17.7. The second-order valence-corrected chi connectivity index (χ2v) is 9.11. The fourth-order valence-electron chi connectivity index (χ4n) is 3.01. The molecule has 2 N–H and O–H groups in total. The Labute approximate surface area is 160 Å². The van der Waals surface area contributed by atoms with Gasteiger partial charge in [-0.2, -0.15) is 0 Å². The molecule has 1 heterocycles. The molecule has 0 atom stereocenters. The summed E-state index contributed by atoms with van der Waals surface area (Å²) in [7, 11) is 0. The van der Waals surface area contributed by atoms with Crippen molar-refractivity contribution in [3.05, 3.63) is 35.6 Å². The molecule has 0 aliphatic heterocycles. The van der Waals surface area contributed by atoms with E-state index in [4.69, 9.17) is 0 Å². The lowest BCUT2D eigenvalue weighted by atomic mass is 10.1. The molecule has 1 aromatic carbocycles. The van der Waals surface area contributed by atoms with Crippen LogP contribution in [0.15, 0.2) is 28.6 Å². The average molecular weight is 393 g/mol. The number of halogens is 1. The topological polar surface area (TPSA) is 66.9 Å². The Balaban J connectivity index is 1.21. The van der Waals surface area contributed by atoms with E-state index in [2.05, 4.69) is 20.8 Å². The molecule has 26 heavy (non-hydrogen) atoms. The lowest BCUT2D eigenvalue weighted by Crippen LogP contribution is -2.39. The third-order valence-corrected chi connectivity index (χ3v) is 6.69. The molecule has 8 heteroatoms. The van der Waals surface area contributed by atoms with Crippen LogP contribution in [0.1, 0.15) is 31.2 Å². The number of amides is 1. The minimum atomic E-state index is -0.243. The number of rotatable bonds is 9. The summed E-state index contributed by atoms with van der Waals surface area (Å²) in [5.74, 6) is 1.64. The van der Waals surface area contributed by atoms with Crippen LogP contribution in [0.3, 0.4) is 0 Å². The van der Waals surface area contributed by atoms with Gasteiger partial charge in [0.15, 0.2) is 4.34 Å². The molecule has 5 nitrogen and oxygen atoms in total. The van der Waals surface area contributed by atoms with E-state index in [-0.39, 0.29) is 11.7 Å². The summed E-state index contributed by atoms with van der Waals surface area (Å²) in [4.78, 5) is 12.2. The van der Waals surface area contributed by atoms with Gasteiger partial charge in [0.2, 0.25) is 11.0 Å². The van der Waals surface area contributed by atoms with E-state index in [1.165, 1.54) is 60.9 Å². The first-order chi connectivity index (χ1) is 12.7.